The average molecular weight is 1790 g/mol. The molecule has 10 nitrogen and oxygen atoms in total. The first-order chi connectivity index (χ1) is 48.2. The highest BCUT2D eigenvalue weighted by Crippen LogP contribution is 2.48. The molecule has 26 heteroatoms. The Bertz CT molecular complexity index is 4590. The van der Waals surface area contributed by atoms with Crippen LogP contribution in [0.4, 0.5) is 49.6 Å². The fourth-order valence-corrected chi connectivity index (χ4v) is 18.4. The third-order valence-electron chi connectivity index (χ3n) is 14.3. The van der Waals surface area contributed by atoms with E-state index in [2.05, 4.69) is 298 Å². The molecule has 0 spiro atoms. The normalized spacial score (nSPS) is 11.3. The Morgan fingerprint density at radius 1 is 0.412 bits per heavy atom. The van der Waals surface area contributed by atoms with Gasteiger partial charge in [0.1, 0.15) is 5.56 Å². The maximum absolute atomic E-state index is 12.8. The molecule has 0 saturated carbocycles. The van der Waals surface area contributed by atoms with Crippen LogP contribution in [0.15, 0.2) is 296 Å². The van der Waals surface area contributed by atoms with Crippen molar-refractivity contribution in [2.24, 2.45) is 0 Å². The van der Waals surface area contributed by atoms with Gasteiger partial charge in [0.25, 0.3) is 5.60 Å². The topological polar surface area (TPSA) is 184 Å². The van der Waals surface area contributed by atoms with Crippen molar-refractivity contribution < 1.29 is 83.6 Å². The number of alkyl halides is 6. The molecule has 0 radical (unpaired) electrons. The number of benzene rings is 11. The summed E-state index contributed by atoms with van der Waals surface area (Å²) in [5.41, 5.74) is -7.94. The van der Waals surface area contributed by atoms with Crippen molar-refractivity contribution in [3.05, 3.63) is 328 Å². The van der Waals surface area contributed by atoms with Crippen LogP contribution in [0, 0.1) is 44.1 Å². The molecule has 1 heterocycles. The summed E-state index contributed by atoms with van der Waals surface area (Å²) in [7, 11) is -0.00487. The SMILES string of the molecule is CC(C)(C)c1ccc([S+](c2ccccc2)c2ccccc2)cc1.O=C([O-])C(O)(C(F)(F)F)C(F)(F)F.O=C([O-])c1c(F)c(F)c(F)c(F)c1[N+](=O)[O-].O=C([O-])c1c(I)ccc(I)c1I.c1ccc(-[s+]2c3ccccc3c3ccccc32)cc1.c1ccc([S+](c2ccccc2)c2ccccc2)cc1. The zero-order valence-electron chi connectivity index (χ0n) is 53.2. The number of aromatic carboxylic acids is 2. The van der Waals surface area contributed by atoms with Crippen molar-refractivity contribution in [1.29, 1.82) is 0 Å². The highest BCUT2D eigenvalue weighted by atomic mass is 127. The van der Waals surface area contributed by atoms with Crippen LogP contribution in [0.2, 0.25) is 0 Å². The second kappa shape index (κ2) is 36.2. The minimum absolute atomic E-state index is 0.0146. The summed E-state index contributed by atoms with van der Waals surface area (Å²) in [4.78, 5) is 48.5. The Morgan fingerprint density at radius 2 is 0.716 bits per heavy atom. The van der Waals surface area contributed by atoms with Crippen LogP contribution >= 0.6 is 78.2 Å². The summed E-state index contributed by atoms with van der Waals surface area (Å²) in [5, 5.41) is 51.3. The number of halogens is 13. The van der Waals surface area contributed by atoms with Crippen molar-refractivity contribution in [2.45, 2.75) is 73.5 Å². The van der Waals surface area contributed by atoms with E-state index in [0.717, 1.165) is 10.7 Å². The molecular weight excluding hydrogens is 1740 g/mol. The van der Waals surface area contributed by atoms with Gasteiger partial charge in [-0.25, -0.2) is 13.2 Å². The van der Waals surface area contributed by atoms with Gasteiger partial charge in [-0.2, -0.15) is 30.7 Å². The molecule has 0 aliphatic heterocycles. The van der Waals surface area contributed by atoms with E-state index in [1.54, 1.807) is 6.07 Å². The zero-order chi connectivity index (χ0) is 74.9. The fraction of sp³-hybridized carbons (Fsp3) is 0.0921. The molecule has 0 bridgehead atoms. The van der Waals surface area contributed by atoms with E-state index in [0.29, 0.717) is 5.56 Å². The van der Waals surface area contributed by atoms with Gasteiger partial charge in [0.2, 0.25) is 11.6 Å². The van der Waals surface area contributed by atoms with Crippen molar-refractivity contribution in [3.8, 4) is 4.90 Å². The maximum atomic E-state index is 12.8. The first-order valence-electron chi connectivity index (χ1n) is 29.7. The summed E-state index contributed by atoms with van der Waals surface area (Å²) >= 11 is 6.10. The van der Waals surface area contributed by atoms with Crippen molar-refractivity contribution in [2.75, 3.05) is 0 Å². The van der Waals surface area contributed by atoms with E-state index in [-0.39, 0.29) is 37.7 Å². The van der Waals surface area contributed by atoms with Gasteiger partial charge in [0, 0.05) is 37.5 Å². The van der Waals surface area contributed by atoms with Crippen LogP contribution in [-0.4, -0.2) is 45.9 Å². The molecule has 12 aromatic rings. The van der Waals surface area contributed by atoms with E-state index >= 15 is 0 Å². The van der Waals surface area contributed by atoms with Gasteiger partial charge in [-0.05, 0) is 200 Å². The van der Waals surface area contributed by atoms with E-state index in [1.165, 1.54) is 60.0 Å². The van der Waals surface area contributed by atoms with E-state index in [1.807, 2.05) is 51.2 Å². The Labute approximate surface area is 628 Å². The van der Waals surface area contributed by atoms with Gasteiger partial charge in [-0.1, -0.05) is 166 Å². The van der Waals surface area contributed by atoms with Gasteiger partial charge >= 0.3 is 18.0 Å². The van der Waals surface area contributed by atoms with E-state index in [4.69, 9.17) is 5.11 Å². The van der Waals surface area contributed by atoms with Crippen molar-refractivity contribution in [1.82, 2.24) is 0 Å². The summed E-state index contributed by atoms with van der Waals surface area (Å²) in [6.45, 7) is 6.78. The molecule has 0 saturated heterocycles. The quantitative estimate of drug-likeness (QED) is 0.0250. The molecule has 0 atom stereocenters. The summed E-state index contributed by atoms with van der Waals surface area (Å²) in [6, 6.07) is 95.0. The second-order valence-corrected chi connectivity index (χ2v) is 31.5. The number of carboxylic acid groups (broad SMARTS) is 3. The summed E-state index contributed by atoms with van der Waals surface area (Å²) < 4.78 is 125. The van der Waals surface area contributed by atoms with Crippen molar-refractivity contribution in [3.63, 3.8) is 0 Å². The molecule has 1 N–H and O–H groups in total. The van der Waals surface area contributed by atoms with Gasteiger partial charge in [0.05, 0.1) is 44.6 Å². The molecule has 0 amide bonds. The maximum Gasteiger partial charge on any atom is 0.431 e. The Kier molecular flexibility index (Phi) is 28.7. The van der Waals surface area contributed by atoms with Crippen LogP contribution < -0.4 is 15.3 Å². The van der Waals surface area contributed by atoms with Gasteiger partial charge in [-0.15, -0.1) is 0 Å². The third kappa shape index (κ3) is 19.9. The Morgan fingerprint density at radius 3 is 1.01 bits per heavy atom. The second-order valence-electron chi connectivity index (χ2n) is 22.1. The molecule has 0 fully saturated rings. The van der Waals surface area contributed by atoms with Crippen LogP contribution in [0.3, 0.4) is 0 Å². The lowest BCUT2D eigenvalue weighted by atomic mass is 9.87. The lowest BCUT2D eigenvalue weighted by molar-refractivity contribution is -0.402. The number of thiophene rings is 1. The minimum Gasteiger partial charge on any atom is -0.546 e. The summed E-state index contributed by atoms with van der Waals surface area (Å²) in [6.07, 6.45) is -12.7. The molecule has 526 valence electrons. The summed E-state index contributed by atoms with van der Waals surface area (Å²) in [5.74, 6) is -17.0. The molecular formula is C76H54F10I3NO9S3. The highest BCUT2D eigenvalue weighted by Gasteiger charge is 2.71. The predicted octanol–water partition coefficient (Wildman–Crippen LogP) is 18.6. The zero-order valence-corrected chi connectivity index (χ0v) is 62.1. The first-order valence-corrected chi connectivity index (χ1v) is 36.6. The lowest BCUT2D eigenvalue weighted by Gasteiger charge is -2.32. The molecule has 102 heavy (non-hydrogen) atoms. The van der Waals surface area contributed by atoms with Crippen LogP contribution in [0.5, 0.6) is 0 Å². The van der Waals surface area contributed by atoms with Gasteiger partial charge < -0.3 is 34.8 Å². The first kappa shape index (κ1) is 80.9. The fourth-order valence-electron chi connectivity index (χ4n) is 9.44. The molecule has 12 rings (SSSR count). The van der Waals surface area contributed by atoms with Crippen molar-refractivity contribution >= 4 is 144 Å². The Hall–Kier alpha value is -8.40. The number of fused-ring (bicyclic) bond motifs is 3. The number of carbonyl (C=O) groups excluding carboxylic acids is 3. The van der Waals surface area contributed by atoms with Crippen LogP contribution in [0.25, 0.3) is 25.1 Å². The van der Waals surface area contributed by atoms with E-state index < -0.39 is 75.3 Å². The molecule has 0 unspecified atom stereocenters. The largest absolute Gasteiger partial charge is 0.546 e. The molecule has 0 aliphatic rings. The highest BCUT2D eigenvalue weighted by molar-refractivity contribution is 14.1. The molecule has 0 aliphatic carbocycles. The predicted molar refractivity (Wildman–Crippen MR) is 395 cm³/mol. The third-order valence-corrected chi connectivity index (χ3v) is 25.1. The van der Waals surface area contributed by atoms with Gasteiger partial charge in [-0.3, -0.25) is 10.1 Å². The number of nitro groups is 1. The average Bonchev–Trinajstić information content (AvgIpc) is 1.70. The number of hydrogen-bond donors (Lipinski definition) is 1. The van der Waals surface area contributed by atoms with Gasteiger partial charge in [0.15, 0.2) is 55.3 Å². The number of carboxylic acids is 3. The Balaban J connectivity index is 0.000000174. The number of nitro benzene ring substituents is 1. The molecule has 1 aromatic heterocycles. The standard InChI is InChI=1S/C22H23S.C18H13S.C18H15S.C7HF4NO4.C7H3I3O2.C4H2F6O3/c1-22(2,3)18-14-16-21(17-15-18)23(19-10-6-4-7-11-19)20-12-8-5-9-13-20;1-2-8-14(9-3-1)19-17-12-6-4-10-15(17)16-11-5-7-13-18(16)19;1-4-10-16(11-5-1)19(17-12-6-2-7-13-17)18-14-8-3-9-15-18;8-2-1(7(13)14)6(12(15)16)5(11)4(10)3(2)9;8-3-1-2-4(9)6(10)5(3)7(11)12;5-3(6,7)2(13,1(11)12)4(8,9)10/h4-17H,1-3H3;1-13H;1-15H;(H,13,14);1-2H,(H,11,12);13H,(H,11,12)/q3*+1;;;/p-3. The number of carbonyl (C=O) groups is 3. The smallest absolute Gasteiger partial charge is 0.431 e. The lowest BCUT2D eigenvalue weighted by Crippen LogP contribution is -2.66. The number of aliphatic carboxylic acids is 1. The number of nitrogens with zero attached hydrogens (tertiary/aromatic N) is 1. The van der Waals surface area contributed by atoms with E-state index in [9.17, 15) is 83.7 Å². The number of hydrogen-bond acceptors (Lipinski definition) is 9. The monoisotopic (exact) mass is 1790 g/mol. The van der Waals surface area contributed by atoms with Crippen LogP contribution in [-0.2, 0) is 32.0 Å². The van der Waals surface area contributed by atoms with Crippen LogP contribution in [0.1, 0.15) is 47.1 Å². The number of rotatable bonds is 11. The number of aliphatic hydroxyl groups is 1. The minimum atomic E-state index is -6.37. The molecule has 11 aromatic carbocycles.